The molecule has 0 spiro atoms. The Kier molecular flexibility index (Phi) is 4.67. The Labute approximate surface area is 130 Å². The quantitative estimate of drug-likeness (QED) is 0.815. The highest BCUT2D eigenvalue weighted by molar-refractivity contribution is 5.73. The molecule has 0 aliphatic rings. The zero-order chi connectivity index (χ0) is 16.3. The van der Waals surface area contributed by atoms with E-state index in [9.17, 15) is 4.79 Å². The minimum absolute atomic E-state index is 0.165. The number of nitrogens with zero attached hydrogens (tertiary/aromatic N) is 2. The smallest absolute Gasteiger partial charge is 0.278 e. The van der Waals surface area contributed by atoms with Crippen molar-refractivity contribution in [3.63, 3.8) is 0 Å². The van der Waals surface area contributed by atoms with Crippen LogP contribution in [0, 0.1) is 26.2 Å². The third-order valence-corrected chi connectivity index (χ3v) is 3.52. The average Bonchev–Trinajstić information content (AvgIpc) is 2.51. The zero-order valence-electron chi connectivity index (χ0n) is 13.4. The van der Waals surface area contributed by atoms with Gasteiger partial charge in [-0.2, -0.15) is 5.10 Å². The number of benzene rings is 1. The van der Waals surface area contributed by atoms with Crippen LogP contribution in [0.3, 0.4) is 0 Å². The van der Waals surface area contributed by atoms with Gasteiger partial charge in [0, 0.05) is 6.54 Å². The van der Waals surface area contributed by atoms with Crippen LogP contribution >= 0.6 is 0 Å². The Bertz CT molecular complexity index is 785. The van der Waals surface area contributed by atoms with E-state index < -0.39 is 6.10 Å². The molecule has 22 heavy (non-hydrogen) atoms. The first kappa shape index (κ1) is 15.8. The molecule has 0 aliphatic heterocycles. The second-order valence-electron chi connectivity index (χ2n) is 5.15. The van der Waals surface area contributed by atoms with Crippen LogP contribution in [0.5, 0.6) is 5.75 Å². The predicted molar refractivity (Wildman–Crippen MR) is 88.0 cm³/mol. The molecule has 0 aliphatic carbocycles. The lowest BCUT2D eigenvalue weighted by atomic mass is 10.0. The fourth-order valence-corrected chi connectivity index (χ4v) is 2.34. The lowest BCUT2D eigenvalue weighted by molar-refractivity contribution is 0.274. The second kappa shape index (κ2) is 6.48. The summed E-state index contributed by atoms with van der Waals surface area (Å²) in [5.41, 5.74) is 2.86. The Morgan fingerprint density at radius 1 is 1.36 bits per heavy atom. The van der Waals surface area contributed by atoms with Gasteiger partial charge in [-0.3, -0.25) is 4.79 Å². The highest BCUT2D eigenvalue weighted by Gasteiger charge is 2.20. The number of ether oxygens (including phenoxy) is 1. The number of aryl methyl sites for hydroxylation is 3. The topological polar surface area (TPSA) is 44.1 Å². The van der Waals surface area contributed by atoms with Crippen LogP contribution in [0.25, 0.3) is 11.1 Å². The molecule has 0 saturated carbocycles. The Morgan fingerprint density at radius 2 is 2.05 bits per heavy atom. The van der Waals surface area contributed by atoms with Gasteiger partial charge >= 0.3 is 0 Å². The van der Waals surface area contributed by atoms with E-state index in [1.54, 1.807) is 6.92 Å². The molecule has 4 nitrogen and oxygen atoms in total. The van der Waals surface area contributed by atoms with Crippen LogP contribution in [-0.2, 0) is 6.54 Å². The Hall–Kier alpha value is -2.54. The SMILES string of the molecule is C#CC(C)Oc1c(C)nn(CC)c(=O)c1-c1ccccc1C. The van der Waals surface area contributed by atoms with E-state index in [-0.39, 0.29) is 5.56 Å². The van der Waals surface area contributed by atoms with Crippen LogP contribution in [0.1, 0.15) is 25.1 Å². The maximum absolute atomic E-state index is 12.8. The summed E-state index contributed by atoms with van der Waals surface area (Å²) in [6.45, 7) is 7.96. The van der Waals surface area contributed by atoms with Gasteiger partial charge in [-0.05, 0) is 38.8 Å². The van der Waals surface area contributed by atoms with Gasteiger partial charge in [0.15, 0.2) is 11.9 Å². The van der Waals surface area contributed by atoms with Crippen LogP contribution in [0.2, 0.25) is 0 Å². The van der Waals surface area contributed by atoms with Crippen molar-refractivity contribution in [2.24, 2.45) is 0 Å². The van der Waals surface area contributed by atoms with Crippen molar-refractivity contribution in [2.45, 2.75) is 40.3 Å². The lowest BCUT2D eigenvalue weighted by Gasteiger charge is -2.18. The summed E-state index contributed by atoms with van der Waals surface area (Å²) in [7, 11) is 0. The Morgan fingerprint density at radius 3 is 2.64 bits per heavy atom. The van der Waals surface area contributed by atoms with Gasteiger partial charge in [0.25, 0.3) is 5.56 Å². The summed E-state index contributed by atoms with van der Waals surface area (Å²) < 4.78 is 7.25. The number of hydrogen-bond acceptors (Lipinski definition) is 3. The average molecular weight is 296 g/mol. The van der Waals surface area contributed by atoms with Crippen molar-refractivity contribution in [2.75, 3.05) is 0 Å². The molecule has 1 unspecified atom stereocenters. The van der Waals surface area contributed by atoms with E-state index in [2.05, 4.69) is 11.0 Å². The molecular formula is C18H20N2O2. The first-order valence-corrected chi connectivity index (χ1v) is 7.30. The van der Waals surface area contributed by atoms with Crippen LogP contribution in [0.15, 0.2) is 29.1 Å². The van der Waals surface area contributed by atoms with Crippen LogP contribution in [-0.4, -0.2) is 15.9 Å². The van der Waals surface area contributed by atoms with Crippen LogP contribution < -0.4 is 10.3 Å². The Balaban J connectivity index is 2.79. The molecule has 114 valence electrons. The second-order valence-corrected chi connectivity index (χ2v) is 5.15. The maximum atomic E-state index is 12.8. The monoisotopic (exact) mass is 296 g/mol. The molecule has 0 saturated heterocycles. The van der Waals surface area contributed by atoms with Crippen molar-refractivity contribution >= 4 is 0 Å². The summed E-state index contributed by atoms with van der Waals surface area (Å²) in [4.78, 5) is 12.8. The van der Waals surface area contributed by atoms with Gasteiger partial charge in [-0.1, -0.05) is 30.2 Å². The van der Waals surface area contributed by atoms with Crippen molar-refractivity contribution in [3.8, 4) is 29.2 Å². The molecule has 0 radical (unpaired) electrons. The summed E-state index contributed by atoms with van der Waals surface area (Å²) >= 11 is 0. The number of terminal acetylenes is 1. The third-order valence-electron chi connectivity index (χ3n) is 3.52. The van der Waals surface area contributed by atoms with Gasteiger partial charge in [-0.25, -0.2) is 4.68 Å². The van der Waals surface area contributed by atoms with Gasteiger partial charge in [0.2, 0.25) is 0 Å². The molecule has 0 fully saturated rings. The van der Waals surface area contributed by atoms with E-state index in [1.165, 1.54) is 4.68 Å². The van der Waals surface area contributed by atoms with E-state index in [0.717, 1.165) is 11.1 Å². The van der Waals surface area contributed by atoms with E-state index in [4.69, 9.17) is 11.2 Å². The fourth-order valence-electron chi connectivity index (χ4n) is 2.34. The van der Waals surface area contributed by atoms with Crippen molar-refractivity contribution < 1.29 is 4.74 Å². The molecule has 2 rings (SSSR count). The predicted octanol–water partition coefficient (Wildman–Crippen LogP) is 2.95. The standard InChI is InChI=1S/C18H20N2O2/c1-6-13(4)22-17-14(5)19-20(7-2)18(21)16(17)15-11-9-8-10-12(15)3/h1,8-11,13H,7H2,2-5H3. The summed E-state index contributed by atoms with van der Waals surface area (Å²) in [6, 6.07) is 7.73. The highest BCUT2D eigenvalue weighted by atomic mass is 16.5. The molecule has 0 bridgehead atoms. The largest absolute Gasteiger partial charge is 0.475 e. The summed E-state index contributed by atoms with van der Waals surface area (Å²) in [5, 5.41) is 4.30. The van der Waals surface area contributed by atoms with Crippen molar-refractivity contribution in [3.05, 3.63) is 45.9 Å². The fraction of sp³-hybridized carbons (Fsp3) is 0.333. The molecule has 1 aromatic carbocycles. The molecular weight excluding hydrogens is 276 g/mol. The highest BCUT2D eigenvalue weighted by Crippen LogP contribution is 2.31. The number of aromatic nitrogens is 2. The summed E-state index contributed by atoms with van der Waals surface area (Å²) in [5.74, 6) is 2.99. The van der Waals surface area contributed by atoms with Crippen molar-refractivity contribution in [1.29, 1.82) is 0 Å². The molecule has 0 amide bonds. The molecule has 4 heteroatoms. The van der Waals surface area contributed by atoms with E-state index in [0.29, 0.717) is 23.6 Å². The molecule has 1 atom stereocenters. The lowest BCUT2D eigenvalue weighted by Crippen LogP contribution is -2.27. The summed E-state index contributed by atoms with van der Waals surface area (Å²) in [6.07, 6.45) is 4.97. The van der Waals surface area contributed by atoms with E-state index in [1.807, 2.05) is 45.0 Å². The normalized spacial score (nSPS) is 11.8. The minimum atomic E-state index is -0.430. The minimum Gasteiger partial charge on any atom is -0.475 e. The molecule has 1 aromatic heterocycles. The van der Waals surface area contributed by atoms with Gasteiger partial charge < -0.3 is 4.74 Å². The number of rotatable bonds is 4. The molecule has 2 aromatic rings. The van der Waals surface area contributed by atoms with E-state index >= 15 is 0 Å². The first-order valence-electron chi connectivity index (χ1n) is 7.30. The maximum Gasteiger partial charge on any atom is 0.278 e. The first-order chi connectivity index (χ1) is 10.5. The third kappa shape index (κ3) is 2.89. The van der Waals surface area contributed by atoms with Gasteiger partial charge in [-0.15, -0.1) is 6.42 Å². The van der Waals surface area contributed by atoms with Crippen molar-refractivity contribution in [1.82, 2.24) is 9.78 Å². The number of hydrogen-bond donors (Lipinski definition) is 0. The molecule has 1 heterocycles. The zero-order valence-corrected chi connectivity index (χ0v) is 13.4. The molecule has 0 N–H and O–H groups in total. The van der Waals surface area contributed by atoms with Gasteiger partial charge in [0.05, 0.1) is 5.56 Å². The van der Waals surface area contributed by atoms with Crippen LogP contribution in [0.4, 0.5) is 0 Å². The van der Waals surface area contributed by atoms with Gasteiger partial charge in [0.1, 0.15) is 5.69 Å².